The average Bonchev–Trinajstić information content (AvgIpc) is 2.67. The Hall–Kier alpha value is -0.380. The van der Waals surface area contributed by atoms with Crippen molar-refractivity contribution in [2.24, 2.45) is 5.92 Å². The molecule has 1 heterocycles. The standard InChI is InChI=1S/C12H16BrNO/c1-8(2)12-14-7-11(15-12)9-5-3-4-6-10(9)13/h3-6,8,11-12,14H,7H2,1-2H3. The van der Waals surface area contributed by atoms with E-state index in [-0.39, 0.29) is 12.3 Å². The van der Waals surface area contributed by atoms with Gasteiger partial charge >= 0.3 is 0 Å². The van der Waals surface area contributed by atoms with Crippen molar-refractivity contribution >= 4 is 15.9 Å². The first-order chi connectivity index (χ1) is 7.18. The molecule has 2 atom stereocenters. The fraction of sp³-hybridized carbons (Fsp3) is 0.500. The number of halogens is 1. The van der Waals surface area contributed by atoms with Gasteiger partial charge in [-0.25, -0.2) is 0 Å². The Kier molecular flexibility index (Phi) is 3.44. The van der Waals surface area contributed by atoms with E-state index < -0.39 is 0 Å². The van der Waals surface area contributed by atoms with Gasteiger partial charge in [-0.2, -0.15) is 0 Å². The zero-order valence-corrected chi connectivity index (χ0v) is 10.6. The second-order valence-corrected chi connectivity index (χ2v) is 5.07. The van der Waals surface area contributed by atoms with E-state index in [1.54, 1.807) is 0 Å². The predicted molar refractivity (Wildman–Crippen MR) is 64.6 cm³/mol. The molecule has 1 aromatic carbocycles. The van der Waals surface area contributed by atoms with Crippen LogP contribution in [0.2, 0.25) is 0 Å². The molecular weight excluding hydrogens is 254 g/mol. The number of benzene rings is 1. The molecule has 1 aromatic rings. The van der Waals surface area contributed by atoms with Crippen LogP contribution in [0, 0.1) is 5.92 Å². The summed E-state index contributed by atoms with van der Waals surface area (Å²) in [6.45, 7) is 5.23. The molecule has 0 bridgehead atoms. The van der Waals surface area contributed by atoms with Gasteiger partial charge in [-0.3, -0.25) is 5.32 Å². The lowest BCUT2D eigenvalue weighted by atomic mass is 10.1. The molecule has 0 radical (unpaired) electrons. The summed E-state index contributed by atoms with van der Waals surface area (Å²) in [6.07, 6.45) is 0.357. The van der Waals surface area contributed by atoms with Gasteiger partial charge < -0.3 is 4.74 Å². The Morgan fingerprint density at radius 3 is 2.73 bits per heavy atom. The van der Waals surface area contributed by atoms with Crippen LogP contribution in [0.25, 0.3) is 0 Å². The van der Waals surface area contributed by atoms with Crippen LogP contribution in [0.4, 0.5) is 0 Å². The highest BCUT2D eigenvalue weighted by molar-refractivity contribution is 9.10. The van der Waals surface area contributed by atoms with E-state index in [0.717, 1.165) is 11.0 Å². The topological polar surface area (TPSA) is 21.3 Å². The van der Waals surface area contributed by atoms with E-state index in [1.165, 1.54) is 5.56 Å². The lowest BCUT2D eigenvalue weighted by Crippen LogP contribution is -2.27. The van der Waals surface area contributed by atoms with Crippen molar-refractivity contribution in [1.82, 2.24) is 5.32 Å². The Morgan fingerprint density at radius 2 is 2.13 bits per heavy atom. The second kappa shape index (κ2) is 4.64. The lowest BCUT2D eigenvalue weighted by molar-refractivity contribution is 0.0133. The Labute approximate surface area is 99.1 Å². The van der Waals surface area contributed by atoms with E-state index in [4.69, 9.17) is 4.74 Å². The van der Waals surface area contributed by atoms with Crippen LogP contribution in [-0.4, -0.2) is 12.8 Å². The minimum absolute atomic E-state index is 0.174. The Morgan fingerprint density at radius 1 is 1.40 bits per heavy atom. The molecule has 1 N–H and O–H groups in total. The highest BCUT2D eigenvalue weighted by Crippen LogP contribution is 2.30. The van der Waals surface area contributed by atoms with Crippen LogP contribution in [-0.2, 0) is 4.74 Å². The molecule has 3 heteroatoms. The fourth-order valence-corrected chi connectivity index (χ4v) is 2.35. The van der Waals surface area contributed by atoms with Crippen LogP contribution in [0.1, 0.15) is 25.5 Å². The van der Waals surface area contributed by atoms with Crippen LogP contribution in [0.3, 0.4) is 0 Å². The van der Waals surface area contributed by atoms with Crippen molar-refractivity contribution in [1.29, 1.82) is 0 Å². The van der Waals surface area contributed by atoms with Crippen molar-refractivity contribution < 1.29 is 4.74 Å². The van der Waals surface area contributed by atoms with Gasteiger partial charge in [-0.15, -0.1) is 0 Å². The van der Waals surface area contributed by atoms with Crippen molar-refractivity contribution in [2.75, 3.05) is 6.54 Å². The minimum atomic E-state index is 0.174. The van der Waals surface area contributed by atoms with Gasteiger partial charge in [0, 0.05) is 11.0 Å². The number of hydrogen-bond acceptors (Lipinski definition) is 2. The van der Waals surface area contributed by atoms with Crippen LogP contribution >= 0.6 is 15.9 Å². The predicted octanol–water partition coefficient (Wildman–Crippen LogP) is 3.09. The quantitative estimate of drug-likeness (QED) is 0.891. The third-order valence-corrected chi connectivity index (χ3v) is 3.40. The molecule has 2 unspecified atom stereocenters. The maximum absolute atomic E-state index is 5.95. The van der Waals surface area contributed by atoms with Gasteiger partial charge in [0.1, 0.15) is 6.23 Å². The maximum Gasteiger partial charge on any atom is 0.111 e. The smallest absolute Gasteiger partial charge is 0.111 e. The van der Waals surface area contributed by atoms with Crippen molar-refractivity contribution in [3.05, 3.63) is 34.3 Å². The molecule has 0 aliphatic carbocycles. The first kappa shape index (κ1) is 11.1. The van der Waals surface area contributed by atoms with Gasteiger partial charge in [0.05, 0.1) is 6.10 Å². The summed E-state index contributed by atoms with van der Waals surface area (Å²) < 4.78 is 7.07. The zero-order chi connectivity index (χ0) is 10.8. The number of nitrogens with one attached hydrogen (secondary N) is 1. The van der Waals surface area contributed by atoms with E-state index in [1.807, 2.05) is 12.1 Å². The first-order valence-electron chi connectivity index (χ1n) is 5.31. The molecule has 1 aliphatic heterocycles. The summed E-state index contributed by atoms with van der Waals surface area (Å²) in [6, 6.07) is 8.24. The highest BCUT2D eigenvalue weighted by atomic mass is 79.9. The average molecular weight is 270 g/mol. The summed E-state index contributed by atoms with van der Waals surface area (Å²) >= 11 is 3.56. The summed E-state index contributed by atoms with van der Waals surface area (Å²) in [7, 11) is 0. The number of ether oxygens (including phenoxy) is 1. The van der Waals surface area contributed by atoms with Crippen molar-refractivity contribution in [3.8, 4) is 0 Å². The summed E-state index contributed by atoms with van der Waals surface area (Å²) in [5.74, 6) is 0.512. The molecule has 15 heavy (non-hydrogen) atoms. The molecule has 0 saturated carbocycles. The molecule has 2 rings (SSSR count). The van der Waals surface area contributed by atoms with E-state index in [0.29, 0.717) is 5.92 Å². The second-order valence-electron chi connectivity index (χ2n) is 4.22. The molecule has 0 aromatic heterocycles. The van der Waals surface area contributed by atoms with Gasteiger partial charge in [0.2, 0.25) is 0 Å². The third kappa shape index (κ3) is 2.41. The normalized spacial score (nSPS) is 26.1. The van der Waals surface area contributed by atoms with E-state index in [9.17, 15) is 0 Å². The summed E-state index contributed by atoms with van der Waals surface area (Å²) in [4.78, 5) is 0. The molecule has 1 fully saturated rings. The van der Waals surface area contributed by atoms with Crippen molar-refractivity contribution in [2.45, 2.75) is 26.2 Å². The van der Waals surface area contributed by atoms with Gasteiger partial charge in [0.25, 0.3) is 0 Å². The zero-order valence-electron chi connectivity index (χ0n) is 9.03. The van der Waals surface area contributed by atoms with Gasteiger partial charge in [0.15, 0.2) is 0 Å². The Bertz CT molecular complexity index is 340. The molecule has 2 nitrogen and oxygen atoms in total. The minimum Gasteiger partial charge on any atom is -0.354 e. The highest BCUT2D eigenvalue weighted by Gasteiger charge is 2.28. The SMILES string of the molecule is CC(C)C1NCC(c2ccccc2Br)O1. The molecule has 82 valence electrons. The first-order valence-corrected chi connectivity index (χ1v) is 6.11. The molecule has 1 saturated heterocycles. The van der Waals surface area contributed by atoms with Gasteiger partial charge in [-0.05, 0) is 17.5 Å². The largest absolute Gasteiger partial charge is 0.354 e. The van der Waals surface area contributed by atoms with Gasteiger partial charge in [-0.1, -0.05) is 48.0 Å². The number of rotatable bonds is 2. The van der Waals surface area contributed by atoms with Crippen LogP contribution in [0.5, 0.6) is 0 Å². The van der Waals surface area contributed by atoms with E-state index >= 15 is 0 Å². The Balaban J connectivity index is 2.11. The molecule has 1 aliphatic rings. The monoisotopic (exact) mass is 269 g/mol. The third-order valence-electron chi connectivity index (χ3n) is 2.67. The maximum atomic E-state index is 5.95. The van der Waals surface area contributed by atoms with Crippen LogP contribution in [0.15, 0.2) is 28.7 Å². The number of hydrogen-bond donors (Lipinski definition) is 1. The molecule has 0 spiro atoms. The van der Waals surface area contributed by atoms with Crippen molar-refractivity contribution in [3.63, 3.8) is 0 Å². The molecule has 0 amide bonds. The summed E-state index contributed by atoms with van der Waals surface area (Å²) in [5.41, 5.74) is 1.23. The summed E-state index contributed by atoms with van der Waals surface area (Å²) in [5, 5.41) is 3.39. The lowest BCUT2D eigenvalue weighted by Gasteiger charge is -2.16. The fourth-order valence-electron chi connectivity index (χ4n) is 1.81. The van der Waals surface area contributed by atoms with E-state index in [2.05, 4.69) is 47.2 Å². The van der Waals surface area contributed by atoms with Crippen LogP contribution < -0.4 is 5.32 Å². The molecular formula is C12H16BrNO.